The molecule has 3 aromatic carbocycles. The van der Waals surface area contributed by atoms with Crippen molar-refractivity contribution in [2.75, 3.05) is 36.9 Å². The number of hydrogen-bond donors (Lipinski definition) is 2. The molecule has 0 saturated carbocycles. The van der Waals surface area contributed by atoms with Crippen LogP contribution in [0.25, 0.3) is 22.1 Å². The first kappa shape index (κ1) is 22.2. The van der Waals surface area contributed by atoms with Gasteiger partial charge >= 0.3 is 6.03 Å². The number of nitrogen functional groups attached to an aromatic ring is 1. The van der Waals surface area contributed by atoms with E-state index >= 15 is 0 Å². The highest BCUT2D eigenvalue weighted by Crippen LogP contribution is 2.36. The van der Waals surface area contributed by atoms with Crippen LogP contribution in [0.4, 0.5) is 22.0 Å². The Bertz CT molecular complexity index is 1330. The van der Waals surface area contributed by atoms with Gasteiger partial charge in [-0.15, -0.1) is 0 Å². The highest BCUT2D eigenvalue weighted by molar-refractivity contribution is 6.31. The lowest BCUT2D eigenvalue weighted by Crippen LogP contribution is -2.35. The highest BCUT2D eigenvalue weighted by atomic mass is 35.5. The summed E-state index contributed by atoms with van der Waals surface area (Å²) in [4.78, 5) is 15.9. The number of benzene rings is 3. The van der Waals surface area contributed by atoms with Gasteiger partial charge in [0.25, 0.3) is 0 Å². The minimum Gasteiger partial charge on any atom is -0.380 e. The zero-order valence-corrected chi connectivity index (χ0v) is 19.2. The molecule has 0 radical (unpaired) electrons. The van der Waals surface area contributed by atoms with E-state index in [1.54, 1.807) is 24.3 Å². The van der Waals surface area contributed by atoms with Gasteiger partial charge in [-0.05, 0) is 41.5 Å². The van der Waals surface area contributed by atoms with Gasteiger partial charge in [0.1, 0.15) is 0 Å². The summed E-state index contributed by atoms with van der Waals surface area (Å²) in [6.45, 7) is 3.93. The highest BCUT2D eigenvalue weighted by Gasteiger charge is 2.20. The van der Waals surface area contributed by atoms with Gasteiger partial charge in [-0.25, -0.2) is 4.79 Å². The van der Waals surface area contributed by atoms with Crippen molar-refractivity contribution in [2.45, 2.75) is 6.54 Å². The molecule has 2 amide bonds. The monoisotopic (exact) mass is 477 g/mol. The fraction of sp³-hybridized carbons (Fsp3) is 0.200. The number of hydrogen-bond acceptors (Lipinski definition) is 6. The largest absolute Gasteiger partial charge is 0.380 e. The second kappa shape index (κ2) is 9.34. The van der Waals surface area contributed by atoms with Crippen molar-refractivity contribution >= 4 is 45.8 Å². The third-order valence-electron chi connectivity index (χ3n) is 5.95. The number of urea groups is 1. The van der Waals surface area contributed by atoms with Crippen molar-refractivity contribution in [3.05, 3.63) is 71.2 Å². The van der Waals surface area contributed by atoms with Crippen molar-refractivity contribution in [3.8, 4) is 11.1 Å². The summed E-state index contributed by atoms with van der Waals surface area (Å²) < 4.78 is 11.1. The average Bonchev–Trinajstić information content (AvgIpc) is 3.23. The third kappa shape index (κ3) is 4.31. The summed E-state index contributed by atoms with van der Waals surface area (Å²) in [5.41, 5.74) is 16.6. The molecule has 9 heteroatoms. The number of aromatic nitrogens is 1. The van der Waals surface area contributed by atoms with Gasteiger partial charge in [0, 0.05) is 30.2 Å². The molecule has 4 aromatic rings. The number of nitrogens with two attached hydrogens (primary N) is 2. The van der Waals surface area contributed by atoms with Crippen LogP contribution in [-0.4, -0.2) is 42.4 Å². The van der Waals surface area contributed by atoms with E-state index in [4.69, 9.17) is 32.3 Å². The number of morpholine rings is 1. The number of primary amides is 1. The molecule has 0 aliphatic carbocycles. The zero-order valence-electron chi connectivity index (χ0n) is 18.4. The maximum absolute atomic E-state index is 12.2. The molecule has 1 saturated heterocycles. The van der Waals surface area contributed by atoms with Gasteiger partial charge in [0.15, 0.2) is 11.4 Å². The van der Waals surface area contributed by atoms with Crippen LogP contribution in [0, 0.1) is 0 Å². The van der Waals surface area contributed by atoms with Crippen LogP contribution in [-0.2, 0) is 11.3 Å². The predicted octanol–water partition coefficient (Wildman–Crippen LogP) is 4.78. The fourth-order valence-electron chi connectivity index (χ4n) is 4.30. The summed E-state index contributed by atoms with van der Waals surface area (Å²) in [5, 5.41) is 5.32. The first-order valence-electron chi connectivity index (χ1n) is 10.9. The molecule has 8 nitrogen and oxygen atoms in total. The number of carbonyl (C=O) groups excluding carboxylic acids is 1. The van der Waals surface area contributed by atoms with Gasteiger partial charge in [-0.2, -0.15) is 0 Å². The Balaban J connectivity index is 1.49. The lowest BCUT2D eigenvalue weighted by Gasteiger charge is -2.26. The SMILES string of the molecule is NC(=O)N(c1ccc(-c2ccc(CN3CCOCC3)c3onc(N)c23)cc1)c1cccc(Cl)c1. The van der Waals surface area contributed by atoms with E-state index < -0.39 is 6.03 Å². The number of amides is 2. The molecule has 0 spiro atoms. The second-order valence-electron chi connectivity index (χ2n) is 8.13. The number of ether oxygens (including phenoxy) is 1. The first-order chi connectivity index (χ1) is 16.5. The van der Waals surface area contributed by atoms with Crippen molar-refractivity contribution in [1.82, 2.24) is 10.1 Å². The van der Waals surface area contributed by atoms with Gasteiger partial charge in [0.2, 0.25) is 0 Å². The third-order valence-corrected chi connectivity index (χ3v) is 6.19. The number of anilines is 3. The van der Waals surface area contributed by atoms with E-state index in [-0.39, 0.29) is 0 Å². The van der Waals surface area contributed by atoms with Crippen molar-refractivity contribution < 1.29 is 14.1 Å². The molecule has 1 aromatic heterocycles. The Morgan fingerprint density at radius 3 is 2.53 bits per heavy atom. The van der Waals surface area contributed by atoms with E-state index in [9.17, 15) is 4.79 Å². The molecule has 0 unspecified atom stereocenters. The minimum absolute atomic E-state index is 0.343. The maximum Gasteiger partial charge on any atom is 0.323 e. The van der Waals surface area contributed by atoms with Crippen LogP contribution in [0.1, 0.15) is 5.56 Å². The Morgan fingerprint density at radius 2 is 1.82 bits per heavy atom. The molecular formula is C25H24ClN5O3. The topological polar surface area (TPSA) is 111 Å². The Labute approximate surface area is 201 Å². The molecule has 1 aliphatic heterocycles. The lowest BCUT2D eigenvalue weighted by molar-refractivity contribution is 0.0342. The van der Waals surface area contributed by atoms with E-state index in [1.807, 2.05) is 36.4 Å². The Kier molecular flexibility index (Phi) is 6.10. The standard InChI is InChI=1S/C25H24ClN5O3/c26-18-2-1-3-20(14-18)31(25(28)32)19-7-4-16(5-8-19)21-9-6-17(15-30-10-12-33-13-11-30)23-22(21)24(27)29-34-23/h1-9,14H,10-13,15H2,(H2,27,29)(H2,28,32). The van der Waals surface area contributed by atoms with Gasteiger partial charge in [-0.3, -0.25) is 9.80 Å². The molecule has 2 heterocycles. The zero-order chi connectivity index (χ0) is 23.7. The van der Waals surface area contributed by atoms with Gasteiger partial charge in [-0.1, -0.05) is 47.1 Å². The summed E-state index contributed by atoms with van der Waals surface area (Å²) in [5.74, 6) is 0.343. The summed E-state index contributed by atoms with van der Waals surface area (Å²) in [6, 6.07) is 17.9. The van der Waals surface area contributed by atoms with Crippen LogP contribution in [0.15, 0.2) is 65.2 Å². The molecule has 34 heavy (non-hydrogen) atoms. The number of carbonyl (C=O) groups is 1. The van der Waals surface area contributed by atoms with Crippen LogP contribution in [0.2, 0.25) is 5.02 Å². The first-order valence-corrected chi connectivity index (χ1v) is 11.3. The normalized spacial score (nSPS) is 14.4. The average molecular weight is 478 g/mol. The smallest absolute Gasteiger partial charge is 0.323 e. The van der Waals surface area contributed by atoms with Crippen molar-refractivity contribution in [2.24, 2.45) is 5.73 Å². The fourth-order valence-corrected chi connectivity index (χ4v) is 4.48. The summed E-state index contributed by atoms with van der Waals surface area (Å²) in [7, 11) is 0. The van der Waals surface area contributed by atoms with Gasteiger partial charge in [0.05, 0.1) is 30.0 Å². The molecule has 0 bridgehead atoms. The molecule has 174 valence electrons. The number of rotatable bonds is 5. The van der Waals surface area contributed by atoms with E-state index in [0.29, 0.717) is 27.8 Å². The number of halogens is 1. The molecule has 4 N–H and O–H groups in total. The second-order valence-corrected chi connectivity index (χ2v) is 8.57. The molecule has 1 aliphatic rings. The van der Waals surface area contributed by atoms with Crippen LogP contribution >= 0.6 is 11.6 Å². The van der Waals surface area contributed by atoms with Crippen LogP contribution in [0.3, 0.4) is 0 Å². The van der Waals surface area contributed by atoms with Crippen LogP contribution < -0.4 is 16.4 Å². The molecule has 5 rings (SSSR count). The number of nitrogens with zero attached hydrogens (tertiary/aromatic N) is 3. The summed E-state index contributed by atoms with van der Waals surface area (Å²) in [6.07, 6.45) is 0. The van der Waals surface area contributed by atoms with E-state index in [1.165, 1.54) is 4.90 Å². The number of fused-ring (bicyclic) bond motifs is 1. The quantitative estimate of drug-likeness (QED) is 0.428. The van der Waals surface area contributed by atoms with Gasteiger partial charge < -0.3 is 20.7 Å². The lowest BCUT2D eigenvalue weighted by atomic mass is 9.98. The molecular weight excluding hydrogens is 454 g/mol. The van der Waals surface area contributed by atoms with Crippen molar-refractivity contribution in [3.63, 3.8) is 0 Å². The van der Waals surface area contributed by atoms with Crippen LogP contribution in [0.5, 0.6) is 0 Å². The van der Waals surface area contributed by atoms with Crippen molar-refractivity contribution in [1.29, 1.82) is 0 Å². The van der Waals surface area contributed by atoms with E-state index in [2.05, 4.69) is 10.1 Å². The summed E-state index contributed by atoms with van der Waals surface area (Å²) >= 11 is 6.11. The Morgan fingerprint density at radius 1 is 1.06 bits per heavy atom. The molecule has 0 atom stereocenters. The maximum atomic E-state index is 12.2. The minimum atomic E-state index is -0.604. The predicted molar refractivity (Wildman–Crippen MR) is 133 cm³/mol. The van der Waals surface area contributed by atoms with E-state index in [0.717, 1.165) is 54.9 Å². The Hall–Kier alpha value is -3.59. The molecule has 1 fully saturated rings.